The summed E-state index contributed by atoms with van der Waals surface area (Å²) in [4.78, 5) is 0. The molecule has 0 unspecified atom stereocenters. The lowest BCUT2D eigenvalue weighted by Gasteiger charge is -2.51. The summed E-state index contributed by atoms with van der Waals surface area (Å²) in [6, 6.07) is 7.32. The Morgan fingerprint density at radius 3 is 2.24 bits per heavy atom. The summed E-state index contributed by atoms with van der Waals surface area (Å²) in [5.74, 6) is 4.39. The van der Waals surface area contributed by atoms with Gasteiger partial charge in [-0.15, -0.1) is 0 Å². The summed E-state index contributed by atoms with van der Waals surface area (Å²) in [5, 5.41) is 0. The van der Waals surface area contributed by atoms with Crippen molar-refractivity contribution in [3.63, 3.8) is 0 Å². The topological polar surface area (TPSA) is 71.1 Å². The van der Waals surface area contributed by atoms with Gasteiger partial charge in [-0.1, -0.05) is 25.2 Å². The van der Waals surface area contributed by atoms with Crippen LogP contribution in [0.4, 0.5) is 0 Å². The molecule has 3 heterocycles. The summed E-state index contributed by atoms with van der Waals surface area (Å²) in [6.45, 7) is 3.87. The maximum absolute atomic E-state index is 10.9. The molecular weight excluding hydrogens is 344 g/mol. The van der Waals surface area contributed by atoms with Crippen molar-refractivity contribution in [3.8, 4) is 11.8 Å². The number of hydrogen-bond acceptors (Lipinski definition) is 6. The molecule has 0 aliphatic carbocycles. The second kappa shape index (κ2) is 7.06. The quantitative estimate of drug-likeness (QED) is 0.586. The van der Waals surface area contributed by atoms with Gasteiger partial charge < -0.3 is 14.2 Å². The van der Waals surface area contributed by atoms with E-state index < -0.39 is 16.1 Å². The Labute approximate surface area is 148 Å². The van der Waals surface area contributed by atoms with Gasteiger partial charge in [0.05, 0.1) is 26.1 Å². The van der Waals surface area contributed by atoms with Crippen molar-refractivity contribution < 1.29 is 26.8 Å². The lowest BCUT2D eigenvalue weighted by atomic mass is 9.83. The molecule has 3 aliphatic rings. The largest absolute Gasteiger partial charge is 0.323 e. The molecular formula is C18H22O6S. The number of rotatable bonds is 5. The Kier molecular flexibility index (Phi) is 5.19. The van der Waals surface area contributed by atoms with E-state index in [1.54, 1.807) is 0 Å². The maximum Gasteiger partial charge on any atom is 0.312 e. The molecule has 1 aromatic carbocycles. The highest BCUT2D eigenvalue weighted by Crippen LogP contribution is 2.46. The summed E-state index contributed by atoms with van der Waals surface area (Å²) < 4.78 is 44.1. The van der Waals surface area contributed by atoms with Crippen molar-refractivity contribution in [2.24, 2.45) is 5.41 Å². The maximum atomic E-state index is 10.9. The van der Waals surface area contributed by atoms with Crippen molar-refractivity contribution in [1.82, 2.24) is 0 Å². The zero-order valence-corrected chi connectivity index (χ0v) is 15.2. The molecule has 0 saturated carbocycles. The Morgan fingerprint density at radius 1 is 1.12 bits per heavy atom. The van der Waals surface area contributed by atoms with Crippen LogP contribution in [0.3, 0.4) is 0 Å². The van der Waals surface area contributed by atoms with Gasteiger partial charge in [-0.3, -0.25) is 4.18 Å². The lowest BCUT2D eigenvalue weighted by molar-refractivity contribution is -0.480. The Hall–Kier alpha value is -1.43. The standard InChI is InChI=1S/C18H22O6S/c1-3-10-17-12-21-18(22-13-17,23-14-17)16-8-6-15(7-9-16)5-4-11-24-25(2,19)20/h6-9H,3,10-14H2,1-2H3. The van der Waals surface area contributed by atoms with Crippen molar-refractivity contribution in [1.29, 1.82) is 0 Å². The van der Waals surface area contributed by atoms with Crippen LogP contribution in [-0.2, 0) is 34.5 Å². The monoisotopic (exact) mass is 366 g/mol. The second-order valence-electron chi connectivity index (χ2n) is 6.52. The molecule has 0 amide bonds. The van der Waals surface area contributed by atoms with E-state index in [1.165, 1.54) is 0 Å². The van der Waals surface area contributed by atoms with Crippen molar-refractivity contribution in [2.75, 3.05) is 32.7 Å². The van der Waals surface area contributed by atoms with E-state index in [0.717, 1.165) is 30.2 Å². The van der Waals surface area contributed by atoms with Crippen LogP contribution < -0.4 is 0 Å². The Bertz CT molecular complexity index is 747. The fourth-order valence-corrected chi connectivity index (χ4v) is 3.30. The fourth-order valence-electron chi connectivity index (χ4n) is 3.02. The van der Waals surface area contributed by atoms with Crippen LogP contribution in [0.25, 0.3) is 0 Å². The molecule has 0 atom stereocenters. The van der Waals surface area contributed by atoms with Gasteiger partial charge in [0.1, 0.15) is 6.61 Å². The van der Waals surface area contributed by atoms with Gasteiger partial charge >= 0.3 is 5.97 Å². The van der Waals surface area contributed by atoms with Gasteiger partial charge in [0.25, 0.3) is 10.1 Å². The van der Waals surface area contributed by atoms with Crippen LogP contribution in [0.5, 0.6) is 0 Å². The second-order valence-corrected chi connectivity index (χ2v) is 8.16. The minimum Gasteiger partial charge on any atom is -0.323 e. The lowest BCUT2D eigenvalue weighted by Crippen LogP contribution is -2.58. The molecule has 1 aromatic rings. The fraction of sp³-hybridized carbons (Fsp3) is 0.556. The molecule has 136 valence electrons. The van der Waals surface area contributed by atoms with Crippen LogP contribution in [-0.4, -0.2) is 41.1 Å². The molecule has 0 aromatic heterocycles. The number of benzene rings is 1. The average molecular weight is 366 g/mol. The number of fused-ring (bicyclic) bond motifs is 3. The highest BCUT2D eigenvalue weighted by Gasteiger charge is 2.53. The van der Waals surface area contributed by atoms with E-state index in [1.807, 2.05) is 24.3 Å². The highest BCUT2D eigenvalue weighted by molar-refractivity contribution is 7.86. The first-order valence-corrected chi connectivity index (χ1v) is 10.0. The zero-order valence-electron chi connectivity index (χ0n) is 14.4. The molecule has 3 saturated heterocycles. The minimum absolute atomic E-state index is 0.0263. The van der Waals surface area contributed by atoms with E-state index in [4.69, 9.17) is 14.2 Å². The van der Waals surface area contributed by atoms with E-state index in [-0.39, 0.29) is 12.0 Å². The normalized spacial score (nSPS) is 28.4. The number of ether oxygens (including phenoxy) is 3. The smallest absolute Gasteiger partial charge is 0.312 e. The summed E-state index contributed by atoms with van der Waals surface area (Å²) in [6.07, 6.45) is 3.08. The van der Waals surface area contributed by atoms with E-state index in [0.29, 0.717) is 19.8 Å². The highest BCUT2D eigenvalue weighted by atomic mass is 32.2. The van der Waals surface area contributed by atoms with Crippen LogP contribution >= 0.6 is 0 Å². The van der Waals surface area contributed by atoms with Crippen LogP contribution in [0.2, 0.25) is 0 Å². The molecule has 6 nitrogen and oxygen atoms in total. The Morgan fingerprint density at radius 2 is 1.72 bits per heavy atom. The molecule has 3 aliphatic heterocycles. The van der Waals surface area contributed by atoms with Crippen molar-refractivity contribution in [2.45, 2.75) is 25.7 Å². The first-order valence-electron chi connectivity index (χ1n) is 8.22. The third-order valence-corrected chi connectivity index (χ3v) is 4.85. The third-order valence-electron chi connectivity index (χ3n) is 4.30. The van der Waals surface area contributed by atoms with Gasteiger partial charge in [0.2, 0.25) is 0 Å². The van der Waals surface area contributed by atoms with Crippen LogP contribution in [0.15, 0.2) is 24.3 Å². The molecule has 3 fully saturated rings. The molecule has 0 radical (unpaired) electrons. The van der Waals surface area contributed by atoms with Gasteiger partial charge in [-0.2, -0.15) is 8.42 Å². The van der Waals surface area contributed by atoms with Gasteiger partial charge in [0.15, 0.2) is 0 Å². The third kappa shape index (κ3) is 4.22. The molecule has 2 bridgehead atoms. The first-order chi connectivity index (χ1) is 11.9. The predicted octanol–water partition coefficient (Wildman–Crippen LogP) is 1.99. The average Bonchev–Trinajstić information content (AvgIpc) is 2.60. The summed E-state index contributed by atoms with van der Waals surface area (Å²) in [7, 11) is -3.47. The van der Waals surface area contributed by atoms with E-state index in [2.05, 4.69) is 22.9 Å². The minimum atomic E-state index is -3.47. The summed E-state index contributed by atoms with van der Waals surface area (Å²) in [5.41, 5.74) is 1.50. The van der Waals surface area contributed by atoms with Gasteiger partial charge in [0, 0.05) is 16.5 Å². The SMILES string of the molecule is CCCC12COC(c3ccc(C#CCOS(C)(=O)=O)cc3)(OC1)OC2. The first kappa shape index (κ1) is 18.4. The molecule has 7 heteroatoms. The van der Waals surface area contributed by atoms with Crippen molar-refractivity contribution in [3.05, 3.63) is 35.4 Å². The summed E-state index contributed by atoms with van der Waals surface area (Å²) >= 11 is 0. The van der Waals surface area contributed by atoms with Crippen LogP contribution in [0.1, 0.15) is 30.9 Å². The number of hydrogen-bond donors (Lipinski definition) is 0. The van der Waals surface area contributed by atoms with Gasteiger partial charge in [-0.25, -0.2) is 0 Å². The Balaban J connectivity index is 1.65. The molecule has 0 N–H and O–H groups in total. The van der Waals surface area contributed by atoms with E-state index in [9.17, 15) is 8.42 Å². The zero-order chi connectivity index (χ0) is 18.0. The molecule has 0 spiro atoms. The van der Waals surface area contributed by atoms with Gasteiger partial charge in [-0.05, 0) is 30.7 Å². The predicted molar refractivity (Wildman–Crippen MR) is 91.0 cm³/mol. The molecule has 25 heavy (non-hydrogen) atoms. The molecule has 4 rings (SSSR count). The van der Waals surface area contributed by atoms with Crippen LogP contribution in [0, 0.1) is 17.3 Å². The van der Waals surface area contributed by atoms with E-state index >= 15 is 0 Å². The van der Waals surface area contributed by atoms with Crippen molar-refractivity contribution >= 4 is 10.1 Å².